The van der Waals surface area contributed by atoms with E-state index in [2.05, 4.69) is 120 Å². The first-order chi connectivity index (χ1) is 23.2. The number of aromatic nitrogens is 3. The van der Waals surface area contributed by atoms with E-state index in [-0.39, 0.29) is 26.8 Å². The first-order valence-electron chi connectivity index (χ1n) is 15.7. The number of fused-ring (bicyclic) bond motifs is 1. The zero-order valence-corrected chi connectivity index (χ0v) is 28.2. The van der Waals surface area contributed by atoms with E-state index in [1.54, 1.807) is 6.07 Å². The van der Waals surface area contributed by atoms with Crippen molar-refractivity contribution >= 4 is 11.0 Å². The van der Waals surface area contributed by atoms with Crippen molar-refractivity contribution in [2.24, 2.45) is 0 Å². The number of imidazole rings is 1. The second kappa shape index (κ2) is 13.7. The summed E-state index contributed by atoms with van der Waals surface area (Å²) < 4.78 is 2.11. The Morgan fingerprint density at radius 3 is 2.08 bits per heavy atom. The van der Waals surface area contributed by atoms with Crippen molar-refractivity contribution in [1.29, 1.82) is 0 Å². The van der Waals surface area contributed by atoms with Crippen molar-refractivity contribution in [1.82, 2.24) is 14.5 Å². The molecule has 0 aliphatic carbocycles. The molecule has 48 heavy (non-hydrogen) atoms. The Bertz CT molecular complexity index is 2350. The molecule has 234 valence electrons. The molecule has 2 aromatic heterocycles. The maximum Gasteiger partial charge on any atom is 0.148 e. The van der Waals surface area contributed by atoms with Crippen LogP contribution in [0.4, 0.5) is 0 Å². The Balaban J connectivity index is 0.00000364. The third-order valence-corrected chi connectivity index (χ3v) is 8.48. The maximum absolute atomic E-state index is 10.8. The molecule has 0 amide bonds. The van der Waals surface area contributed by atoms with Gasteiger partial charge < -0.3 is 5.11 Å². The Kier molecular flexibility index (Phi) is 8.83. The number of phenolic OH excluding ortho intramolecular Hbond substituents is 1. The van der Waals surface area contributed by atoms with Gasteiger partial charge >= 0.3 is 0 Å². The van der Waals surface area contributed by atoms with Crippen LogP contribution in [0.3, 0.4) is 0 Å². The molecule has 0 aliphatic rings. The Morgan fingerprint density at radius 2 is 1.25 bits per heavy atom. The summed E-state index contributed by atoms with van der Waals surface area (Å²) in [5, 5.41) is 10.8. The van der Waals surface area contributed by atoms with Crippen LogP contribution in [0.5, 0.6) is 5.75 Å². The second-order valence-corrected chi connectivity index (χ2v) is 11.6. The van der Waals surface area contributed by atoms with Crippen LogP contribution in [0.25, 0.3) is 61.6 Å². The summed E-state index contributed by atoms with van der Waals surface area (Å²) in [4.78, 5) is 9.91. The van der Waals surface area contributed by atoms with Gasteiger partial charge in [-0.25, -0.2) is 4.98 Å². The topological polar surface area (TPSA) is 50.9 Å². The second-order valence-electron chi connectivity index (χ2n) is 11.6. The fourth-order valence-corrected chi connectivity index (χ4v) is 6.22. The molecule has 0 radical (unpaired) electrons. The molecule has 0 unspecified atom stereocenters. The van der Waals surface area contributed by atoms with Crippen LogP contribution in [0.1, 0.15) is 11.1 Å². The summed E-state index contributed by atoms with van der Waals surface area (Å²) >= 11 is 0. The van der Waals surface area contributed by atoms with Crippen molar-refractivity contribution in [3.8, 4) is 56.3 Å². The zero-order chi connectivity index (χ0) is 31.6. The summed E-state index contributed by atoms with van der Waals surface area (Å²) in [5.74, 6) is 0.864. The van der Waals surface area contributed by atoms with Gasteiger partial charge in [-0.3, -0.25) is 9.55 Å². The average Bonchev–Trinajstić information content (AvgIpc) is 3.52. The number of para-hydroxylation sites is 3. The van der Waals surface area contributed by atoms with Gasteiger partial charge in [0.15, 0.2) is 0 Å². The van der Waals surface area contributed by atoms with E-state index < -0.39 is 0 Å². The van der Waals surface area contributed by atoms with E-state index >= 15 is 0 Å². The largest absolute Gasteiger partial charge is 0.507 e. The van der Waals surface area contributed by atoms with E-state index in [9.17, 15) is 5.11 Å². The molecule has 0 saturated heterocycles. The van der Waals surface area contributed by atoms with Crippen LogP contribution in [0.15, 0.2) is 164 Å². The third-order valence-electron chi connectivity index (χ3n) is 8.48. The molecule has 0 aliphatic heterocycles. The van der Waals surface area contributed by atoms with Crippen molar-refractivity contribution in [2.75, 3.05) is 0 Å². The summed E-state index contributed by atoms with van der Waals surface area (Å²) in [6.45, 7) is 0. The minimum absolute atomic E-state index is 0. The molecular weight excluding hydrogens is 770 g/mol. The molecule has 6 aromatic carbocycles. The minimum Gasteiger partial charge on any atom is -0.507 e. The number of hydrogen-bond acceptors (Lipinski definition) is 3. The standard InChI is InChI=1S/C43H30N3O.Pt/c47-41-23-8-7-20-38(41)43-45-42-37(21-11-22-40(42)46(43)36-18-5-2-6-19-36)34-16-10-17-35(28-34)39-29-33(24-25-44-39)32-15-9-14-31(27-32)26-30-12-3-1-4-13-30;/h1-25,27,29,47H,26H2;/q-1;. The van der Waals surface area contributed by atoms with Crippen molar-refractivity contribution in [3.05, 3.63) is 181 Å². The Labute approximate surface area is 294 Å². The number of benzene rings is 6. The fraction of sp³-hybridized carbons (Fsp3) is 0.0233. The van der Waals surface area contributed by atoms with E-state index in [0.29, 0.717) is 11.4 Å². The van der Waals surface area contributed by atoms with Crippen LogP contribution in [0, 0.1) is 6.07 Å². The van der Waals surface area contributed by atoms with Crippen LogP contribution in [-0.2, 0) is 27.5 Å². The monoisotopic (exact) mass is 799 g/mol. The number of rotatable bonds is 7. The summed E-state index contributed by atoms with van der Waals surface area (Å²) in [6.07, 6.45) is 2.76. The van der Waals surface area contributed by atoms with Gasteiger partial charge in [-0.15, -0.1) is 29.8 Å². The van der Waals surface area contributed by atoms with Gasteiger partial charge in [0.05, 0.1) is 16.6 Å². The molecular formula is C43H30N3OPt-. The number of aromatic hydroxyl groups is 1. The van der Waals surface area contributed by atoms with Crippen LogP contribution < -0.4 is 0 Å². The van der Waals surface area contributed by atoms with E-state index in [0.717, 1.165) is 56.7 Å². The van der Waals surface area contributed by atoms with Gasteiger partial charge in [-0.05, 0) is 65.1 Å². The third kappa shape index (κ3) is 6.11. The van der Waals surface area contributed by atoms with Crippen molar-refractivity contribution in [3.63, 3.8) is 0 Å². The van der Waals surface area contributed by atoms with Gasteiger partial charge in [-0.2, -0.15) is 0 Å². The molecule has 4 nitrogen and oxygen atoms in total. The summed E-state index contributed by atoms with van der Waals surface area (Å²) in [7, 11) is 0. The molecule has 0 bridgehead atoms. The molecule has 8 rings (SSSR count). The van der Waals surface area contributed by atoms with Crippen molar-refractivity contribution in [2.45, 2.75) is 6.42 Å². The maximum atomic E-state index is 10.8. The van der Waals surface area contributed by atoms with Gasteiger partial charge in [-0.1, -0.05) is 114 Å². The van der Waals surface area contributed by atoms with Crippen molar-refractivity contribution < 1.29 is 26.2 Å². The minimum atomic E-state index is 0. The van der Waals surface area contributed by atoms with E-state index in [1.807, 2.05) is 48.7 Å². The smallest absolute Gasteiger partial charge is 0.148 e. The SMILES string of the molecule is Oc1ccccc1-c1nc2c(-c3[c-]c(-c4cc(-c5cccc(Cc6ccccc6)c5)ccn4)ccc3)cccc2n1-c1ccccc1.[Pt]. The number of nitrogens with zero attached hydrogens (tertiary/aromatic N) is 3. The van der Waals surface area contributed by atoms with Crippen LogP contribution >= 0.6 is 0 Å². The predicted molar refractivity (Wildman–Crippen MR) is 190 cm³/mol. The Hall–Kier alpha value is -5.57. The van der Waals surface area contributed by atoms with Gasteiger partial charge in [0.1, 0.15) is 11.6 Å². The van der Waals surface area contributed by atoms with E-state index in [1.165, 1.54) is 11.1 Å². The molecule has 0 fully saturated rings. The normalized spacial score (nSPS) is 10.9. The quantitative estimate of drug-likeness (QED) is 0.163. The predicted octanol–water partition coefficient (Wildman–Crippen LogP) is 10.2. The van der Waals surface area contributed by atoms with Crippen LogP contribution in [0.2, 0.25) is 0 Å². The summed E-state index contributed by atoms with van der Waals surface area (Å²) in [5.41, 5.74) is 11.9. The molecule has 0 saturated carbocycles. The van der Waals surface area contributed by atoms with Crippen LogP contribution in [-0.4, -0.2) is 19.6 Å². The molecule has 0 spiro atoms. The molecule has 5 heteroatoms. The number of phenols is 1. The number of hydrogen-bond donors (Lipinski definition) is 1. The Morgan fingerprint density at radius 1 is 0.583 bits per heavy atom. The first-order valence-corrected chi connectivity index (χ1v) is 15.7. The van der Waals surface area contributed by atoms with Gasteiger partial charge in [0.2, 0.25) is 0 Å². The average molecular weight is 800 g/mol. The molecule has 0 atom stereocenters. The molecule has 8 aromatic rings. The van der Waals surface area contributed by atoms with E-state index in [4.69, 9.17) is 9.97 Å². The zero-order valence-electron chi connectivity index (χ0n) is 25.9. The fourth-order valence-electron chi connectivity index (χ4n) is 6.22. The number of pyridine rings is 1. The molecule has 2 heterocycles. The summed E-state index contributed by atoms with van der Waals surface area (Å²) in [6, 6.07) is 57.0. The molecule has 1 N–H and O–H groups in total. The van der Waals surface area contributed by atoms with Gasteiger partial charge in [0, 0.05) is 38.6 Å². The first kappa shape index (κ1) is 31.0. The van der Waals surface area contributed by atoms with Gasteiger partial charge in [0.25, 0.3) is 0 Å².